The van der Waals surface area contributed by atoms with Crippen LogP contribution in [0.1, 0.15) is 36.2 Å². The third kappa shape index (κ3) is 3.88. The molecule has 0 saturated carbocycles. The second-order valence-corrected chi connectivity index (χ2v) is 5.04. The Morgan fingerprint density at radius 3 is 2.35 bits per heavy atom. The van der Waals surface area contributed by atoms with Gasteiger partial charge in [0.1, 0.15) is 0 Å². The molecule has 1 aromatic heterocycles. The van der Waals surface area contributed by atoms with Gasteiger partial charge < -0.3 is 0 Å². The van der Waals surface area contributed by atoms with E-state index in [-0.39, 0.29) is 11.8 Å². The molecule has 104 valence electrons. The minimum Gasteiger partial charge on any atom is -0.294 e. The van der Waals surface area contributed by atoms with Crippen LogP contribution in [0.5, 0.6) is 0 Å². The van der Waals surface area contributed by atoms with E-state index in [2.05, 4.69) is 15.3 Å². The van der Waals surface area contributed by atoms with Crippen molar-refractivity contribution in [2.45, 2.75) is 33.1 Å². The van der Waals surface area contributed by atoms with E-state index in [1.165, 1.54) is 0 Å². The first-order chi connectivity index (χ1) is 9.54. The molecular weight excluding hydrogens is 250 g/mol. The van der Waals surface area contributed by atoms with Crippen molar-refractivity contribution >= 4 is 11.9 Å². The van der Waals surface area contributed by atoms with Crippen LogP contribution in [0.15, 0.2) is 36.4 Å². The summed E-state index contributed by atoms with van der Waals surface area (Å²) in [5.74, 6) is 0.487. The molecule has 0 saturated heterocycles. The van der Waals surface area contributed by atoms with Gasteiger partial charge in [-0.3, -0.25) is 10.1 Å². The van der Waals surface area contributed by atoms with Crippen molar-refractivity contribution in [1.82, 2.24) is 9.97 Å². The summed E-state index contributed by atoms with van der Waals surface area (Å²) >= 11 is 0. The van der Waals surface area contributed by atoms with Gasteiger partial charge in [0.15, 0.2) is 0 Å². The molecule has 0 aliphatic heterocycles. The van der Waals surface area contributed by atoms with E-state index in [9.17, 15) is 4.79 Å². The zero-order chi connectivity index (χ0) is 14.5. The highest BCUT2D eigenvalue weighted by molar-refractivity contribution is 5.89. The molecule has 1 heterocycles. The number of aromatic nitrogens is 2. The van der Waals surface area contributed by atoms with Crippen molar-refractivity contribution in [2.24, 2.45) is 0 Å². The molecule has 1 amide bonds. The number of carbonyl (C=O) groups is 1. The van der Waals surface area contributed by atoms with Crippen molar-refractivity contribution < 1.29 is 4.79 Å². The van der Waals surface area contributed by atoms with Crippen molar-refractivity contribution in [3.8, 4) is 0 Å². The van der Waals surface area contributed by atoms with Crippen LogP contribution in [0.25, 0.3) is 0 Å². The van der Waals surface area contributed by atoms with Crippen LogP contribution in [0, 0.1) is 13.8 Å². The van der Waals surface area contributed by atoms with Gasteiger partial charge in [0.2, 0.25) is 11.9 Å². The molecule has 0 aliphatic carbocycles. The molecule has 1 unspecified atom stereocenters. The van der Waals surface area contributed by atoms with Crippen LogP contribution < -0.4 is 5.32 Å². The number of benzene rings is 1. The Hall–Kier alpha value is -2.23. The number of hydrogen-bond donors (Lipinski definition) is 1. The first-order valence-electron chi connectivity index (χ1n) is 6.71. The highest BCUT2D eigenvalue weighted by atomic mass is 16.1. The van der Waals surface area contributed by atoms with E-state index in [1.54, 1.807) is 0 Å². The number of carbonyl (C=O) groups excluding carboxylic acids is 1. The van der Waals surface area contributed by atoms with Gasteiger partial charge in [-0.15, -0.1) is 0 Å². The number of hydrogen-bond acceptors (Lipinski definition) is 3. The lowest BCUT2D eigenvalue weighted by molar-refractivity contribution is -0.116. The third-order valence-electron chi connectivity index (χ3n) is 3.09. The molecule has 0 spiro atoms. The SMILES string of the molecule is Cc1cc(C)nc(NC(=O)CC(C)c2ccccc2)n1. The predicted octanol–water partition coefficient (Wildman–Crippen LogP) is 3.23. The summed E-state index contributed by atoms with van der Waals surface area (Å²) in [6.07, 6.45) is 0.417. The molecule has 0 fully saturated rings. The van der Waals surface area contributed by atoms with Crippen LogP contribution in [0.4, 0.5) is 5.95 Å². The van der Waals surface area contributed by atoms with Gasteiger partial charge in [-0.2, -0.15) is 0 Å². The van der Waals surface area contributed by atoms with Gasteiger partial charge >= 0.3 is 0 Å². The van der Waals surface area contributed by atoms with E-state index in [0.29, 0.717) is 12.4 Å². The summed E-state index contributed by atoms with van der Waals surface area (Å²) in [6.45, 7) is 5.81. The maximum Gasteiger partial charge on any atom is 0.229 e. The lowest BCUT2D eigenvalue weighted by atomic mass is 9.98. The summed E-state index contributed by atoms with van der Waals surface area (Å²) in [4.78, 5) is 20.4. The second kappa shape index (κ2) is 6.28. The second-order valence-electron chi connectivity index (χ2n) is 5.04. The molecule has 20 heavy (non-hydrogen) atoms. The minimum atomic E-state index is -0.0636. The Morgan fingerprint density at radius 2 is 1.75 bits per heavy atom. The first-order valence-corrected chi connectivity index (χ1v) is 6.71. The van der Waals surface area contributed by atoms with Crippen LogP contribution in [-0.2, 0) is 4.79 Å². The molecule has 2 rings (SSSR count). The maximum atomic E-state index is 12.0. The maximum absolute atomic E-state index is 12.0. The Morgan fingerprint density at radius 1 is 1.15 bits per heavy atom. The fourth-order valence-electron chi connectivity index (χ4n) is 2.14. The lowest BCUT2D eigenvalue weighted by Gasteiger charge is -2.11. The quantitative estimate of drug-likeness (QED) is 0.927. The Kier molecular flexibility index (Phi) is 4.45. The molecule has 0 bridgehead atoms. The Balaban J connectivity index is 1.99. The summed E-state index contributed by atoms with van der Waals surface area (Å²) in [7, 11) is 0. The topological polar surface area (TPSA) is 54.9 Å². The normalized spacial score (nSPS) is 11.9. The van der Waals surface area contributed by atoms with E-state index < -0.39 is 0 Å². The van der Waals surface area contributed by atoms with Gasteiger partial charge in [-0.25, -0.2) is 9.97 Å². The van der Waals surface area contributed by atoms with Gasteiger partial charge in [0, 0.05) is 17.8 Å². The highest BCUT2D eigenvalue weighted by Crippen LogP contribution is 2.18. The van der Waals surface area contributed by atoms with Gasteiger partial charge in [0.05, 0.1) is 0 Å². The largest absolute Gasteiger partial charge is 0.294 e. The molecule has 4 heteroatoms. The number of nitrogens with one attached hydrogen (secondary N) is 1. The van der Waals surface area contributed by atoms with Crippen LogP contribution in [-0.4, -0.2) is 15.9 Å². The average molecular weight is 269 g/mol. The highest BCUT2D eigenvalue weighted by Gasteiger charge is 2.12. The van der Waals surface area contributed by atoms with Crippen molar-refractivity contribution in [3.63, 3.8) is 0 Å². The molecular formula is C16H19N3O. The molecule has 1 N–H and O–H groups in total. The van der Waals surface area contributed by atoms with Gasteiger partial charge in [-0.05, 0) is 31.4 Å². The molecule has 1 aromatic carbocycles. The monoisotopic (exact) mass is 269 g/mol. The van der Waals surface area contributed by atoms with Gasteiger partial charge in [0.25, 0.3) is 0 Å². The predicted molar refractivity (Wildman–Crippen MR) is 79.6 cm³/mol. The van der Waals surface area contributed by atoms with Crippen LogP contribution in [0.2, 0.25) is 0 Å². The first kappa shape index (κ1) is 14.2. The molecule has 2 aromatic rings. The standard InChI is InChI=1S/C16H19N3O/c1-11(14-7-5-4-6-8-14)9-15(20)19-16-17-12(2)10-13(3)18-16/h4-8,10-11H,9H2,1-3H3,(H,17,18,19,20). The van der Waals surface area contributed by atoms with Crippen molar-refractivity contribution in [1.29, 1.82) is 0 Å². The van der Waals surface area contributed by atoms with Crippen LogP contribution in [0.3, 0.4) is 0 Å². The van der Waals surface area contributed by atoms with E-state index in [1.807, 2.05) is 57.2 Å². The number of amides is 1. The van der Waals surface area contributed by atoms with E-state index >= 15 is 0 Å². The average Bonchev–Trinajstić information content (AvgIpc) is 2.38. The Labute approximate surface area is 119 Å². The Bertz CT molecular complexity index is 576. The zero-order valence-electron chi connectivity index (χ0n) is 12.1. The smallest absolute Gasteiger partial charge is 0.229 e. The molecule has 1 atom stereocenters. The third-order valence-corrected chi connectivity index (χ3v) is 3.09. The number of nitrogens with zero attached hydrogens (tertiary/aromatic N) is 2. The van der Waals surface area contributed by atoms with E-state index in [4.69, 9.17) is 0 Å². The fraction of sp³-hybridized carbons (Fsp3) is 0.312. The minimum absolute atomic E-state index is 0.0636. The number of rotatable bonds is 4. The number of anilines is 1. The zero-order valence-corrected chi connectivity index (χ0v) is 12.1. The van der Waals surface area contributed by atoms with E-state index in [0.717, 1.165) is 17.0 Å². The summed E-state index contributed by atoms with van der Waals surface area (Å²) < 4.78 is 0. The lowest BCUT2D eigenvalue weighted by Crippen LogP contribution is -2.16. The van der Waals surface area contributed by atoms with Crippen molar-refractivity contribution in [2.75, 3.05) is 5.32 Å². The molecule has 0 radical (unpaired) electrons. The molecule has 4 nitrogen and oxygen atoms in total. The molecule has 0 aliphatic rings. The summed E-state index contributed by atoms with van der Waals surface area (Å²) in [5, 5.41) is 2.76. The number of aryl methyl sites for hydroxylation is 2. The summed E-state index contributed by atoms with van der Waals surface area (Å²) in [6, 6.07) is 11.9. The van der Waals surface area contributed by atoms with Crippen molar-refractivity contribution in [3.05, 3.63) is 53.3 Å². The van der Waals surface area contributed by atoms with Gasteiger partial charge in [-0.1, -0.05) is 37.3 Å². The van der Waals surface area contributed by atoms with Crippen LogP contribution >= 0.6 is 0 Å². The summed E-state index contributed by atoms with van der Waals surface area (Å²) in [5.41, 5.74) is 2.86. The fourth-order valence-corrected chi connectivity index (χ4v) is 2.14.